The normalized spacial score (nSPS) is 14.9. The Kier molecular flexibility index (Phi) is 5.65. The first-order chi connectivity index (χ1) is 13.7. The minimum Gasteiger partial charge on any atom is -0.490 e. The topological polar surface area (TPSA) is 51.3 Å². The Morgan fingerprint density at radius 2 is 1.93 bits per heavy atom. The van der Waals surface area contributed by atoms with Gasteiger partial charge in [0.2, 0.25) is 0 Å². The third kappa shape index (κ3) is 4.06. The number of hydrogen-bond acceptors (Lipinski definition) is 3. The van der Waals surface area contributed by atoms with Crippen LogP contribution in [0.2, 0.25) is 0 Å². The number of aromatic nitrogens is 1. The second-order valence-electron chi connectivity index (χ2n) is 7.53. The highest BCUT2D eigenvalue weighted by Crippen LogP contribution is 2.37. The van der Waals surface area contributed by atoms with Gasteiger partial charge in [0.05, 0.1) is 13.2 Å². The van der Waals surface area contributed by atoms with Crippen molar-refractivity contribution in [2.24, 2.45) is 0 Å². The molecule has 1 aromatic heterocycles. The average Bonchev–Trinajstić information content (AvgIpc) is 3.22. The number of carbonyl (C=O) groups is 1. The molecule has 0 bridgehead atoms. The summed E-state index contributed by atoms with van der Waals surface area (Å²) in [6.45, 7) is 0. The van der Waals surface area contributed by atoms with Gasteiger partial charge in [0, 0.05) is 29.1 Å². The van der Waals surface area contributed by atoms with Crippen LogP contribution in [-0.2, 0) is 16.0 Å². The van der Waals surface area contributed by atoms with Gasteiger partial charge in [-0.2, -0.15) is 0 Å². The van der Waals surface area contributed by atoms with Gasteiger partial charge in [-0.05, 0) is 67.5 Å². The largest absolute Gasteiger partial charge is 0.490 e. The van der Waals surface area contributed by atoms with Crippen LogP contribution in [0.1, 0.15) is 44.1 Å². The number of aromatic amines is 1. The molecule has 0 amide bonds. The van der Waals surface area contributed by atoms with Crippen LogP contribution in [-0.4, -0.2) is 24.2 Å². The first-order valence-electron chi connectivity index (χ1n) is 10.2. The third-order valence-corrected chi connectivity index (χ3v) is 5.62. The van der Waals surface area contributed by atoms with Crippen LogP contribution in [0.3, 0.4) is 0 Å². The van der Waals surface area contributed by atoms with Crippen LogP contribution in [0.25, 0.3) is 22.0 Å². The highest BCUT2D eigenvalue weighted by atomic mass is 16.5. The monoisotopic (exact) mass is 377 g/mol. The molecule has 28 heavy (non-hydrogen) atoms. The molecule has 1 heterocycles. The number of nitrogens with one attached hydrogen (secondary N) is 1. The molecule has 0 saturated heterocycles. The number of esters is 1. The molecular weight excluding hydrogens is 350 g/mol. The van der Waals surface area contributed by atoms with Gasteiger partial charge in [-0.15, -0.1) is 0 Å². The summed E-state index contributed by atoms with van der Waals surface area (Å²) in [6, 6.07) is 14.7. The average molecular weight is 377 g/mol. The lowest BCUT2D eigenvalue weighted by molar-refractivity contribution is -0.140. The smallest absolute Gasteiger partial charge is 0.305 e. The molecule has 1 aliphatic rings. The number of rotatable bonds is 6. The number of benzene rings is 2. The Bertz CT molecular complexity index is 953. The Morgan fingerprint density at radius 3 is 2.75 bits per heavy atom. The van der Waals surface area contributed by atoms with Crippen molar-refractivity contribution in [3.05, 3.63) is 54.2 Å². The fourth-order valence-electron chi connectivity index (χ4n) is 4.08. The molecule has 3 aromatic rings. The van der Waals surface area contributed by atoms with Gasteiger partial charge in [-0.3, -0.25) is 4.79 Å². The number of fused-ring (bicyclic) bond motifs is 1. The van der Waals surface area contributed by atoms with E-state index in [1.54, 1.807) is 0 Å². The molecule has 146 valence electrons. The van der Waals surface area contributed by atoms with Crippen molar-refractivity contribution in [1.82, 2.24) is 4.98 Å². The summed E-state index contributed by atoms with van der Waals surface area (Å²) in [7, 11) is 1.43. The maximum atomic E-state index is 11.6. The Labute approximate surface area is 165 Å². The summed E-state index contributed by atoms with van der Waals surface area (Å²) >= 11 is 0. The zero-order valence-corrected chi connectivity index (χ0v) is 16.4. The molecule has 1 aliphatic carbocycles. The van der Waals surface area contributed by atoms with Crippen LogP contribution in [0, 0.1) is 0 Å². The van der Waals surface area contributed by atoms with Crippen LogP contribution in [0.4, 0.5) is 0 Å². The van der Waals surface area contributed by atoms with E-state index in [9.17, 15) is 4.79 Å². The summed E-state index contributed by atoms with van der Waals surface area (Å²) in [5.74, 6) is 0.749. The van der Waals surface area contributed by atoms with E-state index in [0.29, 0.717) is 18.9 Å². The molecular formula is C24H27NO3. The summed E-state index contributed by atoms with van der Waals surface area (Å²) in [5.41, 5.74) is 4.48. The van der Waals surface area contributed by atoms with E-state index in [-0.39, 0.29) is 5.97 Å². The van der Waals surface area contributed by atoms with Gasteiger partial charge in [0.25, 0.3) is 0 Å². The summed E-state index contributed by atoms with van der Waals surface area (Å²) < 4.78 is 11.3. The van der Waals surface area contributed by atoms with Crippen LogP contribution in [0.15, 0.2) is 48.7 Å². The number of ether oxygens (including phenoxy) is 2. The number of aryl methyl sites for hydroxylation is 1. The molecule has 0 spiro atoms. The van der Waals surface area contributed by atoms with Gasteiger partial charge in [-0.1, -0.05) is 24.6 Å². The fraction of sp³-hybridized carbons (Fsp3) is 0.375. The molecule has 0 atom stereocenters. The van der Waals surface area contributed by atoms with E-state index in [1.807, 2.05) is 6.20 Å². The van der Waals surface area contributed by atoms with Crippen molar-refractivity contribution in [2.75, 3.05) is 7.11 Å². The molecule has 0 aliphatic heterocycles. The number of methoxy groups -OCH3 is 1. The SMILES string of the molecule is COC(=O)CCc1ccc(OC2CCCCC2)c(-c2cccc3[nH]ccc23)c1. The predicted molar refractivity (Wildman–Crippen MR) is 112 cm³/mol. The molecule has 1 saturated carbocycles. The molecule has 1 fully saturated rings. The quantitative estimate of drug-likeness (QED) is 0.565. The summed E-state index contributed by atoms with van der Waals surface area (Å²) in [4.78, 5) is 14.8. The number of carbonyl (C=O) groups excluding carboxylic acids is 1. The molecule has 4 nitrogen and oxygen atoms in total. The molecule has 2 aromatic carbocycles. The highest BCUT2D eigenvalue weighted by Gasteiger charge is 2.18. The second-order valence-corrected chi connectivity index (χ2v) is 7.53. The zero-order valence-electron chi connectivity index (χ0n) is 16.4. The molecule has 0 unspecified atom stereocenters. The lowest BCUT2D eigenvalue weighted by Gasteiger charge is -2.25. The Hall–Kier alpha value is -2.75. The van der Waals surface area contributed by atoms with E-state index in [1.165, 1.54) is 31.8 Å². The van der Waals surface area contributed by atoms with E-state index in [0.717, 1.165) is 40.8 Å². The molecule has 0 radical (unpaired) electrons. The maximum absolute atomic E-state index is 11.6. The van der Waals surface area contributed by atoms with Gasteiger partial charge in [0.15, 0.2) is 0 Å². The number of hydrogen-bond donors (Lipinski definition) is 1. The Morgan fingerprint density at radius 1 is 1.07 bits per heavy atom. The highest BCUT2D eigenvalue weighted by molar-refractivity contribution is 5.96. The van der Waals surface area contributed by atoms with Crippen LogP contribution < -0.4 is 4.74 Å². The molecule has 1 N–H and O–H groups in total. The van der Waals surface area contributed by atoms with Gasteiger partial charge in [-0.25, -0.2) is 0 Å². The first-order valence-corrected chi connectivity index (χ1v) is 10.2. The predicted octanol–water partition coefficient (Wildman–Crippen LogP) is 5.65. The van der Waals surface area contributed by atoms with Crippen molar-refractivity contribution in [3.63, 3.8) is 0 Å². The lowest BCUT2D eigenvalue weighted by atomic mass is 9.95. The summed E-state index contributed by atoms with van der Waals surface area (Å²) in [6.07, 6.45) is 9.34. The van der Waals surface area contributed by atoms with Crippen molar-refractivity contribution < 1.29 is 14.3 Å². The van der Waals surface area contributed by atoms with Gasteiger partial charge < -0.3 is 14.5 Å². The fourth-order valence-corrected chi connectivity index (χ4v) is 4.08. The van der Waals surface area contributed by atoms with Crippen molar-refractivity contribution in [2.45, 2.75) is 51.0 Å². The zero-order chi connectivity index (χ0) is 19.3. The third-order valence-electron chi connectivity index (χ3n) is 5.62. The van der Waals surface area contributed by atoms with Crippen molar-refractivity contribution in [1.29, 1.82) is 0 Å². The maximum Gasteiger partial charge on any atom is 0.305 e. The minimum atomic E-state index is -0.184. The summed E-state index contributed by atoms with van der Waals surface area (Å²) in [5, 5.41) is 1.18. The minimum absolute atomic E-state index is 0.184. The van der Waals surface area contributed by atoms with Crippen LogP contribution in [0.5, 0.6) is 5.75 Å². The van der Waals surface area contributed by atoms with Crippen molar-refractivity contribution >= 4 is 16.9 Å². The lowest BCUT2D eigenvalue weighted by Crippen LogP contribution is -2.20. The molecule has 4 heteroatoms. The molecule has 4 rings (SSSR count). The second kappa shape index (κ2) is 8.51. The Balaban J connectivity index is 1.70. The van der Waals surface area contributed by atoms with E-state index in [4.69, 9.17) is 9.47 Å². The van der Waals surface area contributed by atoms with Gasteiger partial charge >= 0.3 is 5.97 Å². The van der Waals surface area contributed by atoms with Crippen LogP contribution >= 0.6 is 0 Å². The van der Waals surface area contributed by atoms with E-state index < -0.39 is 0 Å². The van der Waals surface area contributed by atoms with Crippen molar-refractivity contribution in [3.8, 4) is 16.9 Å². The van der Waals surface area contributed by atoms with Gasteiger partial charge in [0.1, 0.15) is 5.75 Å². The first kappa shape index (κ1) is 18.6. The number of H-pyrrole nitrogens is 1. The van der Waals surface area contributed by atoms with E-state index >= 15 is 0 Å². The van der Waals surface area contributed by atoms with E-state index in [2.05, 4.69) is 47.4 Å². The standard InChI is InChI=1S/C24H27NO3/c1-27-24(26)13-11-17-10-12-23(28-18-6-3-2-4-7-18)21(16-17)19-8-5-9-22-20(19)14-15-25-22/h5,8-10,12,14-16,18,25H,2-4,6-7,11,13H2,1H3.